The number of hydrogen-bond donors (Lipinski definition) is 2. The van der Waals surface area contributed by atoms with E-state index in [1.807, 2.05) is 0 Å². The second kappa shape index (κ2) is 4.38. The molecule has 8 nitrogen and oxygen atoms in total. The number of carbonyl (C=O) groups excluding carboxylic acids is 2. The Morgan fingerprint density at radius 1 is 1.25 bits per heavy atom. The van der Waals surface area contributed by atoms with Crippen molar-refractivity contribution >= 4 is 21.8 Å². The topological polar surface area (TPSA) is 112 Å². The molecule has 2 N–H and O–H groups in total. The molecule has 2 heterocycles. The van der Waals surface area contributed by atoms with Gasteiger partial charge in [-0.2, -0.15) is 9.40 Å². The fourth-order valence-corrected chi connectivity index (χ4v) is 4.22. The maximum atomic E-state index is 12.7. The molecular weight excluding hydrogens is 284 g/mol. The van der Waals surface area contributed by atoms with Crippen molar-refractivity contribution in [1.82, 2.24) is 19.8 Å². The van der Waals surface area contributed by atoms with Gasteiger partial charge in [-0.1, -0.05) is 0 Å². The standard InChI is InChI=1S/C11H16N4O4S/c1-6-9(7(2)14-13-6)20(18,19)15-5-8(16)12-10(17)11(15,3)4/h5H2,1-4H3,(H,13,14)(H,12,16,17). The molecule has 0 atom stereocenters. The van der Waals surface area contributed by atoms with Gasteiger partial charge in [0.05, 0.1) is 17.9 Å². The molecule has 1 aromatic heterocycles. The molecule has 1 saturated heterocycles. The lowest BCUT2D eigenvalue weighted by Crippen LogP contribution is -2.65. The first-order valence-corrected chi connectivity index (χ1v) is 7.41. The Kier molecular flexibility index (Phi) is 3.22. The van der Waals surface area contributed by atoms with E-state index in [-0.39, 0.29) is 4.90 Å². The highest BCUT2D eigenvalue weighted by molar-refractivity contribution is 7.89. The fraction of sp³-hybridized carbons (Fsp3) is 0.545. The van der Waals surface area contributed by atoms with E-state index in [1.54, 1.807) is 13.8 Å². The molecule has 0 aliphatic carbocycles. The summed E-state index contributed by atoms with van der Waals surface area (Å²) in [5.41, 5.74) is -0.670. The molecule has 110 valence electrons. The van der Waals surface area contributed by atoms with Crippen LogP contribution in [0.15, 0.2) is 4.90 Å². The van der Waals surface area contributed by atoms with Crippen molar-refractivity contribution in [1.29, 1.82) is 0 Å². The Balaban J connectivity index is 2.59. The third-order valence-electron chi connectivity index (χ3n) is 3.33. The number of imide groups is 1. The van der Waals surface area contributed by atoms with Crippen LogP contribution in [-0.4, -0.2) is 46.8 Å². The number of sulfonamides is 1. The summed E-state index contributed by atoms with van der Waals surface area (Å²) in [6.07, 6.45) is 0. The van der Waals surface area contributed by atoms with Gasteiger partial charge in [0.2, 0.25) is 21.8 Å². The third-order valence-corrected chi connectivity index (χ3v) is 5.61. The van der Waals surface area contributed by atoms with Crippen LogP contribution in [0.4, 0.5) is 0 Å². The smallest absolute Gasteiger partial charge is 0.248 e. The Labute approximate surface area is 116 Å². The summed E-state index contributed by atoms with van der Waals surface area (Å²) in [6, 6.07) is 0. The third kappa shape index (κ3) is 2.02. The molecule has 0 radical (unpaired) electrons. The number of piperazine rings is 1. The van der Waals surface area contributed by atoms with Crippen LogP contribution < -0.4 is 5.32 Å². The van der Waals surface area contributed by atoms with Crippen LogP contribution in [0, 0.1) is 13.8 Å². The highest BCUT2D eigenvalue weighted by Crippen LogP contribution is 2.29. The normalized spacial score (nSPS) is 20.0. The number of amides is 2. The predicted octanol–water partition coefficient (Wildman–Crippen LogP) is -0.548. The van der Waals surface area contributed by atoms with Gasteiger partial charge in [0.15, 0.2) is 0 Å². The van der Waals surface area contributed by atoms with Crippen LogP contribution >= 0.6 is 0 Å². The molecule has 0 spiro atoms. The lowest BCUT2D eigenvalue weighted by atomic mass is 10.0. The Bertz CT molecular complexity index is 670. The Morgan fingerprint density at radius 3 is 2.35 bits per heavy atom. The first kappa shape index (κ1) is 14.7. The van der Waals surface area contributed by atoms with Crippen molar-refractivity contribution in [2.45, 2.75) is 38.1 Å². The van der Waals surface area contributed by atoms with Crippen LogP contribution in [0.25, 0.3) is 0 Å². The number of H-pyrrole nitrogens is 1. The molecule has 20 heavy (non-hydrogen) atoms. The van der Waals surface area contributed by atoms with Gasteiger partial charge in [-0.15, -0.1) is 0 Å². The zero-order valence-corrected chi connectivity index (χ0v) is 12.5. The molecule has 0 unspecified atom stereocenters. The summed E-state index contributed by atoms with van der Waals surface area (Å²) in [4.78, 5) is 23.4. The summed E-state index contributed by atoms with van der Waals surface area (Å²) in [6.45, 7) is 5.64. The van der Waals surface area contributed by atoms with Crippen LogP contribution in [0.5, 0.6) is 0 Å². The van der Waals surface area contributed by atoms with E-state index in [9.17, 15) is 18.0 Å². The fourth-order valence-electron chi connectivity index (χ4n) is 2.18. The molecule has 1 fully saturated rings. The molecule has 9 heteroatoms. The quantitative estimate of drug-likeness (QED) is 0.712. The summed E-state index contributed by atoms with van der Waals surface area (Å²) in [7, 11) is -4.00. The van der Waals surface area contributed by atoms with Crippen LogP contribution in [0.2, 0.25) is 0 Å². The van der Waals surface area contributed by atoms with E-state index in [0.29, 0.717) is 11.4 Å². The summed E-state index contributed by atoms with van der Waals surface area (Å²) in [5.74, 6) is -1.28. The van der Waals surface area contributed by atoms with Crippen molar-refractivity contribution in [3.8, 4) is 0 Å². The molecule has 1 aromatic rings. The number of carbonyl (C=O) groups is 2. The van der Waals surface area contributed by atoms with Crippen molar-refractivity contribution in [3.63, 3.8) is 0 Å². The van der Waals surface area contributed by atoms with Gasteiger partial charge in [-0.25, -0.2) is 8.42 Å². The Morgan fingerprint density at radius 2 is 1.85 bits per heavy atom. The largest absolute Gasteiger partial charge is 0.294 e. The molecular formula is C11H16N4O4S. The van der Waals surface area contributed by atoms with Gasteiger partial charge in [0, 0.05) is 0 Å². The number of hydrogen-bond acceptors (Lipinski definition) is 5. The SMILES string of the molecule is Cc1n[nH]c(C)c1S(=O)(=O)N1CC(=O)NC(=O)C1(C)C. The minimum Gasteiger partial charge on any atom is -0.294 e. The molecule has 0 saturated carbocycles. The van der Waals surface area contributed by atoms with Crippen LogP contribution in [0.1, 0.15) is 25.2 Å². The van der Waals surface area contributed by atoms with Crippen LogP contribution in [0.3, 0.4) is 0 Å². The van der Waals surface area contributed by atoms with Crippen LogP contribution in [-0.2, 0) is 19.6 Å². The first-order valence-electron chi connectivity index (χ1n) is 5.97. The average Bonchev–Trinajstić information content (AvgIpc) is 2.64. The number of nitrogens with one attached hydrogen (secondary N) is 2. The average molecular weight is 300 g/mol. The van der Waals surface area contributed by atoms with E-state index in [1.165, 1.54) is 13.8 Å². The van der Waals surface area contributed by atoms with Crippen molar-refractivity contribution in [3.05, 3.63) is 11.4 Å². The van der Waals surface area contributed by atoms with Gasteiger partial charge in [-0.05, 0) is 27.7 Å². The minimum absolute atomic E-state index is 0.00748. The second-order valence-electron chi connectivity index (χ2n) is 5.21. The maximum absolute atomic E-state index is 12.7. The lowest BCUT2D eigenvalue weighted by Gasteiger charge is -2.38. The second-order valence-corrected chi connectivity index (χ2v) is 7.01. The molecule has 2 amide bonds. The first-order chi connectivity index (χ1) is 9.08. The van der Waals surface area contributed by atoms with E-state index >= 15 is 0 Å². The summed E-state index contributed by atoms with van der Waals surface area (Å²) < 4.78 is 26.4. The van der Waals surface area contributed by atoms with Gasteiger partial charge in [-0.3, -0.25) is 20.0 Å². The van der Waals surface area contributed by atoms with E-state index < -0.39 is 33.9 Å². The highest BCUT2D eigenvalue weighted by Gasteiger charge is 2.48. The molecule has 1 aliphatic heterocycles. The number of aryl methyl sites for hydroxylation is 2. The number of aromatic nitrogens is 2. The number of nitrogens with zero attached hydrogens (tertiary/aromatic N) is 2. The maximum Gasteiger partial charge on any atom is 0.248 e. The summed E-state index contributed by atoms with van der Waals surface area (Å²) >= 11 is 0. The molecule has 0 bridgehead atoms. The van der Waals surface area contributed by atoms with Gasteiger partial charge < -0.3 is 0 Å². The van der Waals surface area contributed by atoms with Crippen molar-refractivity contribution < 1.29 is 18.0 Å². The van der Waals surface area contributed by atoms with E-state index in [0.717, 1.165) is 4.31 Å². The molecule has 0 aromatic carbocycles. The van der Waals surface area contributed by atoms with E-state index in [4.69, 9.17) is 0 Å². The zero-order chi connectivity index (χ0) is 15.3. The monoisotopic (exact) mass is 300 g/mol. The van der Waals surface area contributed by atoms with Crippen molar-refractivity contribution in [2.75, 3.05) is 6.54 Å². The Hall–Kier alpha value is -1.74. The van der Waals surface area contributed by atoms with Gasteiger partial charge in [0.1, 0.15) is 10.4 Å². The molecule has 1 aliphatic rings. The van der Waals surface area contributed by atoms with Gasteiger partial charge >= 0.3 is 0 Å². The highest BCUT2D eigenvalue weighted by atomic mass is 32.2. The van der Waals surface area contributed by atoms with E-state index in [2.05, 4.69) is 15.5 Å². The predicted molar refractivity (Wildman–Crippen MR) is 69.2 cm³/mol. The summed E-state index contributed by atoms with van der Waals surface area (Å²) in [5, 5.41) is 8.58. The number of aromatic amines is 1. The zero-order valence-electron chi connectivity index (χ0n) is 11.6. The minimum atomic E-state index is -4.00. The van der Waals surface area contributed by atoms with Gasteiger partial charge in [0.25, 0.3) is 0 Å². The lowest BCUT2D eigenvalue weighted by molar-refractivity contribution is -0.141. The molecule has 2 rings (SSSR count). The van der Waals surface area contributed by atoms with Crippen molar-refractivity contribution in [2.24, 2.45) is 0 Å². The number of rotatable bonds is 2.